The summed E-state index contributed by atoms with van der Waals surface area (Å²) in [6.07, 6.45) is 2.49. The first-order valence-electron chi connectivity index (χ1n) is 8.27. The Morgan fingerprint density at radius 3 is 2.17 bits per heavy atom. The number of amides is 1. The predicted octanol–water partition coefficient (Wildman–Crippen LogP) is 3.61. The zero-order valence-electron chi connectivity index (χ0n) is 14.2. The molecule has 3 rings (SSSR count). The summed E-state index contributed by atoms with van der Waals surface area (Å²) in [5, 5.41) is 0. The van der Waals surface area contributed by atoms with E-state index in [-0.39, 0.29) is 11.9 Å². The molecule has 126 valence electrons. The van der Waals surface area contributed by atoms with E-state index in [4.69, 9.17) is 9.47 Å². The molecule has 0 bridgehead atoms. The Bertz CT molecular complexity index is 679. The molecule has 2 aromatic rings. The number of nitrogens with zero attached hydrogens (tertiary/aromatic N) is 1. The fourth-order valence-corrected chi connectivity index (χ4v) is 3.26. The molecule has 1 atom stereocenters. The Morgan fingerprint density at radius 2 is 1.58 bits per heavy atom. The van der Waals surface area contributed by atoms with Crippen LogP contribution in [0, 0.1) is 0 Å². The highest BCUT2D eigenvalue weighted by atomic mass is 16.5. The number of ether oxygens (including phenoxy) is 2. The van der Waals surface area contributed by atoms with E-state index in [1.807, 2.05) is 41.3 Å². The van der Waals surface area contributed by atoms with Gasteiger partial charge in [-0.15, -0.1) is 0 Å². The molecule has 0 spiro atoms. The number of hydrogen-bond donors (Lipinski definition) is 0. The van der Waals surface area contributed by atoms with Gasteiger partial charge in [-0.1, -0.05) is 24.3 Å². The smallest absolute Gasteiger partial charge is 0.227 e. The van der Waals surface area contributed by atoms with Crippen molar-refractivity contribution in [3.63, 3.8) is 0 Å². The van der Waals surface area contributed by atoms with Crippen molar-refractivity contribution < 1.29 is 14.3 Å². The average molecular weight is 325 g/mol. The lowest BCUT2D eigenvalue weighted by Gasteiger charge is -2.25. The van der Waals surface area contributed by atoms with Gasteiger partial charge in [0, 0.05) is 6.54 Å². The summed E-state index contributed by atoms with van der Waals surface area (Å²) < 4.78 is 10.4. The van der Waals surface area contributed by atoms with Gasteiger partial charge in [0.05, 0.1) is 26.7 Å². The van der Waals surface area contributed by atoms with E-state index in [1.54, 1.807) is 14.2 Å². The second-order valence-corrected chi connectivity index (χ2v) is 6.04. The summed E-state index contributed by atoms with van der Waals surface area (Å²) in [5.74, 6) is 1.83. The molecule has 24 heavy (non-hydrogen) atoms. The quantitative estimate of drug-likeness (QED) is 0.843. The standard InChI is InChI=1S/C20H23NO3/c1-23-17-9-5-15(6-10-17)14-20(22)21-13-3-4-19(21)16-7-11-18(24-2)12-8-16/h5-12,19H,3-4,13-14H2,1-2H3/t19-/m1/s1. The first-order valence-corrected chi connectivity index (χ1v) is 8.27. The van der Waals surface area contributed by atoms with Crippen LogP contribution in [0.25, 0.3) is 0 Å². The van der Waals surface area contributed by atoms with Crippen molar-refractivity contribution in [1.82, 2.24) is 4.90 Å². The van der Waals surface area contributed by atoms with Crippen LogP contribution in [0.4, 0.5) is 0 Å². The van der Waals surface area contributed by atoms with Gasteiger partial charge >= 0.3 is 0 Å². The lowest BCUT2D eigenvalue weighted by molar-refractivity contribution is -0.131. The van der Waals surface area contributed by atoms with E-state index < -0.39 is 0 Å². The molecule has 1 fully saturated rings. The van der Waals surface area contributed by atoms with Crippen molar-refractivity contribution in [3.05, 3.63) is 59.7 Å². The van der Waals surface area contributed by atoms with Crippen LogP contribution in [0.15, 0.2) is 48.5 Å². The van der Waals surface area contributed by atoms with Crippen LogP contribution in [0.3, 0.4) is 0 Å². The Kier molecular flexibility index (Phi) is 5.04. The maximum atomic E-state index is 12.7. The number of likely N-dealkylation sites (tertiary alicyclic amines) is 1. The van der Waals surface area contributed by atoms with Crippen LogP contribution in [0.2, 0.25) is 0 Å². The number of carbonyl (C=O) groups is 1. The van der Waals surface area contributed by atoms with E-state index in [9.17, 15) is 4.79 Å². The molecule has 0 radical (unpaired) electrons. The highest BCUT2D eigenvalue weighted by Crippen LogP contribution is 2.33. The van der Waals surface area contributed by atoms with Crippen LogP contribution in [-0.2, 0) is 11.2 Å². The van der Waals surface area contributed by atoms with Gasteiger partial charge in [0.1, 0.15) is 11.5 Å². The Hall–Kier alpha value is -2.49. The summed E-state index contributed by atoms with van der Waals surface area (Å²) in [5.41, 5.74) is 2.19. The molecule has 4 heteroatoms. The third-order valence-corrected chi connectivity index (χ3v) is 4.59. The number of hydrogen-bond acceptors (Lipinski definition) is 3. The molecular formula is C20H23NO3. The lowest BCUT2D eigenvalue weighted by Crippen LogP contribution is -2.31. The zero-order chi connectivity index (χ0) is 16.9. The monoisotopic (exact) mass is 325 g/mol. The molecule has 0 unspecified atom stereocenters. The Labute approximate surface area is 143 Å². The van der Waals surface area contributed by atoms with E-state index in [1.165, 1.54) is 5.56 Å². The fraction of sp³-hybridized carbons (Fsp3) is 0.350. The highest BCUT2D eigenvalue weighted by molar-refractivity contribution is 5.79. The van der Waals surface area contributed by atoms with Crippen LogP contribution in [0.1, 0.15) is 30.0 Å². The van der Waals surface area contributed by atoms with E-state index in [0.29, 0.717) is 6.42 Å². The van der Waals surface area contributed by atoms with Crippen molar-refractivity contribution in [2.45, 2.75) is 25.3 Å². The average Bonchev–Trinajstić information content (AvgIpc) is 3.12. The number of benzene rings is 2. The number of methoxy groups -OCH3 is 2. The predicted molar refractivity (Wildman–Crippen MR) is 93.4 cm³/mol. The topological polar surface area (TPSA) is 38.8 Å². The van der Waals surface area contributed by atoms with Crippen molar-refractivity contribution in [2.75, 3.05) is 20.8 Å². The van der Waals surface area contributed by atoms with Crippen molar-refractivity contribution in [1.29, 1.82) is 0 Å². The molecular weight excluding hydrogens is 302 g/mol. The van der Waals surface area contributed by atoms with E-state index in [0.717, 1.165) is 36.4 Å². The minimum Gasteiger partial charge on any atom is -0.497 e. The van der Waals surface area contributed by atoms with Crippen LogP contribution < -0.4 is 9.47 Å². The largest absolute Gasteiger partial charge is 0.497 e. The van der Waals surface area contributed by atoms with E-state index in [2.05, 4.69) is 12.1 Å². The first-order chi connectivity index (χ1) is 11.7. The summed E-state index contributed by atoms with van der Waals surface area (Å²) in [7, 11) is 3.30. The van der Waals surface area contributed by atoms with Gasteiger partial charge in [-0.2, -0.15) is 0 Å². The molecule has 1 heterocycles. The van der Waals surface area contributed by atoms with Crippen LogP contribution >= 0.6 is 0 Å². The molecule has 4 nitrogen and oxygen atoms in total. The first kappa shape index (κ1) is 16.4. The van der Waals surface area contributed by atoms with Crippen molar-refractivity contribution >= 4 is 5.91 Å². The molecule has 0 aliphatic carbocycles. The van der Waals surface area contributed by atoms with Crippen molar-refractivity contribution in [2.24, 2.45) is 0 Å². The van der Waals surface area contributed by atoms with Gasteiger partial charge in [-0.25, -0.2) is 0 Å². The van der Waals surface area contributed by atoms with Gasteiger partial charge in [0.2, 0.25) is 5.91 Å². The molecule has 1 amide bonds. The second-order valence-electron chi connectivity index (χ2n) is 6.04. The Morgan fingerprint density at radius 1 is 1.00 bits per heavy atom. The fourth-order valence-electron chi connectivity index (χ4n) is 3.26. The summed E-state index contributed by atoms with van der Waals surface area (Å²) >= 11 is 0. The zero-order valence-corrected chi connectivity index (χ0v) is 14.2. The third kappa shape index (κ3) is 3.53. The minimum absolute atomic E-state index is 0.168. The molecule has 1 aliphatic rings. The number of rotatable bonds is 5. The van der Waals surface area contributed by atoms with Crippen LogP contribution in [-0.4, -0.2) is 31.6 Å². The van der Waals surface area contributed by atoms with E-state index >= 15 is 0 Å². The Balaban J connectivity index is 1.70. The summed E-state index contributed by atoms with van der Waals surface area (Å²) in [6, 6.07) is 15.9. The minimum atomic E-state index is 0.168. The highest BCUT2D eigenvalue weighted by Gasteiger charge is 2.29. The molecule has 0 saturated carbocycles. The normalized spacial score (nSPS) is 16.9. The maximum absolute atomic E-state index is 12.7. The molecule has 0 N–H and O–H groups in total. The van der Waals surface area contributed by atoms with Crippen LogP contribution in [0.5, 0.6) is 11.5 Å². The lowest BCUT2D eigenvalue weighted by atomic mass is 10.0. The molecule has 0 aromatic heterocycles. The third-order valence-electron chi connectivity index (χ3n) is 4.59. The number of carbonyl (C=O) groups excluding carboxylic acids is 1. The van der Waals surface area contributed by atoms with Gasteiger partial charge in [0.15, 0.2) is 0 Å². The van der Waals surface area contributed by atoms with Gasteiger partial charge in [-0.3, -0.25) is 4.79 Å². The second kappa shape index (κ2) is 7.39. The van der Waals surface area contributed by atoms with Crippen molar-refractivity contribution in [3.8, 4) is 11.5 Å². The molecule has 1 saturated heterocycles. The molecule has 1 aliphatic heterocycles. The van der Waals surface area contributed by atoms with Gasteiger partial charge < -0.3 is 14.4 Å². The summed E-state index contributed by atoms with van der Waals surface area (Å²) in [4.78, 5) is 14.8. The maximum Gasteiger partial charge on any atom is 0.227 e. The molecule has 2 aromatic carbocycles. The van der Waals surface area contributed by atoms with Gasteiger partial charge in [0.25, 0.3) is 0 Å². The summed E-state index contributed by atoms with van der Waals surface area (Å²) in [6.45, 7) is 0.825. The van der Waals surface area contributed by atoms with Gasteiger partial charge in [-0.05, 0) is 48.2 Å². The SMILES string of the molecule is COc1ccc(CC(=O)N2CCC[C@@H]2c2ccc(OC)cc2)cc1.